The van der Waals surface area contributed by atoms with Crippen molar-refractivity contribution in [2.45, 2.75) is 12.1 Å². The van der Waals surface area contributed by atoms with Crippen molar-refractivity contribution in [3.63, 3.8) is 0 Å². The summed E-state index contributed by atoms with van der Waals surface area (Å²) in [5.74, 6) is 4.51. The van der Waals surface area contributed by atoms with Crippen LogP contribution >= 0.6 is 0 Å². The molecule has 0 unspecified atom stereocenters. The molecule has 3 aromatic carbocycles. The molecule has 0 aliphatic rings. The summed E-state index contributed by atoms with van der Waals surface area (Å²) < 4.78 is 37.8. The van der Waals surface area contributed by atoms with Crippen molar-refractivity contribution in [1.29, 1.82) is 0 Å². The van der Waals surface area contributed by atoms with Gasteiger partial charge in [0.1, 0.15) is 0 Å². The molecule has 0 fully saturated rings. The Hall–Kier alpha value is -3.52. The normalized spacial score (nSPS) is 10.9. The van der Waals surface area contributed by atoms with Crippen LogP contribution in [0.25, 0.3) is 0 Å². The Morgan fingerprint density at radius 1 is 0.828 bits per heavy atom. The van der Waals surface area contributed by atoms with Gasteiger partial charge in [-0.3, -0.25) is 4.79 Å². The van der Waals surface area contributed by atoms with E-state index in [-0.39, 0.29) is 5.92 Å². The molecule has 5 heteroatoms. The van der Waals surface area contributed by atoms with Crippen LogP contribution in [0.5, 0.6) is 0 Å². The highest BCUT2D eigenvalue weighted by molar-refractivity contribution is 5.94. The van der Waals surface area contributed by atoms with E-state index in [0.29, 0.717) is 12.1 Å². The summed E-state index contributed by atoms with van der Waals surface area (Å²) in [7, 11) is 0. The van der Waals surface area contributed by atoms with Gasteiger partial charge in [-0.15, -0.1) is 0 Å². The molecule has 3 rings (SSSR count). The Bertz CT molecular complexity index is 962. The van der Waals surface area contributed by atoms with E-state index in [0.717, 1.165) is 23.3 Å². The van der Waals surface area contributed by atoms with E-state index in [4.69, 9.17) is 0 Å². The number of alkyl halides is 3. The third-order valence-electron chi connectivity index (χ3n) is 4.40. The number of hydrogen-bond donors (Lipinski definition) is 1. The lowest BCUT2D eigenvalue weighted by atomic mass is 9.91. The lowest BCUT2D eigenvalue weighted by Crippen LogP contribution is -2.27. The van der Waals surface area contributed by atoms with Gasteiger partial charge in [-0.25, -0.2) is 0 Å². The zero-order valence-electron chi connectivity index (χ0n) is 15.4. The molecule has 0 bridgehead atoms. The number of carbonyl (C=O) groups is 1. The van der Waals surface area contributed by atoms with E-state index in [1.807, 2.05) is 60.7 Å². The Morgan fingerprint density at radius 3 is 1.83 bits per heavy atom. The summed E-state index contributed by atoms with van der Waals surface area (Å²) in [4.78, 5) is 12.1. The van der Waals surface area contributed by atoms with Crippen molar-refractivity contribution in [2.24, 2.45) is 0 Å². The van der Waals surface area contributed by atoms with Crippen LogP contribution in [0, 0.1) is 11.8 Å². The average molecular weight is 393 g/mol. The minimum Gasteiger partial charge on any atom is -0.344 e. The Balaban J connectivity index is 1.68. The van der Waals surface area contributed by atoms with Crippen LogP contribution in [0.3, 0.4) is 0 Å². The van der Waals surface area contributed by atoms with Crippen LogP contribution in [0.1, 0.15) is 28.2 Å². The molecule has 0 atom stereocenters. The fourth-order valence-electron chi connectivity index (χ4n) is 2.91. The van der Waals surface area contributed by atoms with Gasteiger partial charge in [-0.2, -0.15) is 13.2 Å². The van der Waals surface area contributed by atoms with E-state index in [1.165, 1.54) is 12.1 Å². The predicted octanol–water partition coefficient (Wildman–Crippen LogP) is 5.01. The molecule has 1 amide bonds. The van der Waals surface area contributed by atoms with Crippen molar-refractivity contribution in [3.8, 4) is 11.8 Å². The van der Waals surface area contributed by atoms with Crippen LogP contribution in [-0.4, -0.2) is 12.5 Å². The molecule has 1 N–H and O–H groups in total. The van der Waals surface area contributed by atoms with Gasteiger partial charge in [0.05, 0.1) is 5.56 Å². The molecule has 3 aromatic rings. The quantitative estimate of drug-likeness (QED) is 0.621. The molecular formula is C24H18F3NO. The lowest BCUT2D eigenvalue weighted by molar-refractivity contribution is -0.137. The second-order valence-corrected chi connectivity index (χ2v) is 6.41. The van der Waals surface area contributed by atoms with Crippen molar-refractivity contribution >= 4 is 5.91 Å². The highest BCUT2D eigenvalue weighted by atomic mass is 19.4. The van der Waals surface area contributed by atoms with Crippen LogP contribution < -0.4 is 5.32 Å². The summed E-state index contributed by atoms with van der Waals surface area (Å²) in [6, 6.07) is 24.0. The molecule has 0 aliphatic carbocycles. The first-order valence-corrected chi connectivity index (χ1v) is 9.00. The zero-order chi connectivity index (χ0) is 20.7. The molecule has 146 valence electrons. The Labute approximate surface area is 167 Å². The summed E-state index contributed by atoms with van der Waals surface area (Å²) in [5, 5.41) is 2.79. The van der Waals surface area contributed by atoms with Gasteiger partial charge < -0.3 is 5.32 Å². The largest absolute Gasteiger partial charge is 0.416 e. The highest BCUT2D eigenvalue weighted by Gasteiger charge is 2.29. The molecule has 0 radical (unpaired) electrons. The summed E-state index contributed by atoms with van der Waals surface area (Å²) >= 11 is 0. The standard InChI is InChI=1S/C24H18F3NO/c25-24(26,27)21-14-11-18(12-15-21)13-16-23(29)28-17-22(19-7-3-1-4-8-19)20-9-5-2-6-10-20/h1-12,14-15,22H,17H2,(H,28,29). The highest BCUT2D eigenvalue weighted by Crippen LogP contribution is 2.29. The first-order valence-electron chi connectivity index (χ1n) is 9.00. The van der Waals surface area contributed by atoms with Gasteiger partial charge >= 0.3 is 6.18 Å². The lowest BCUT2D eigenvalue weighted by Gasteiger charge is -2.18. The van der Waals surface area contributed by atoms with Crippen molar-refractivity contribution in [3.05, 3.63) is 107 Å². The Morgan fingerprint density at radius 2 is 1.34 bits per heavy atom. The van der Waals surface area contributed by atoms with Crippen LogP contribution in [0.15, 0.2) is 84.9 Å². The number of amides is 1. The minimum atomic E-state index is -4.40. The van der Waals surface area contributed by atoms with Crippen LogP contribution in [0.4, 0.5) is 13.2 Å². The molecular weight excluding hydrogens is 375 g/mol. The van der Waals surface area contributed by atoms with Crippen LogP contribution in [0.2, 0.25) is 0 Å². The van der Waals surface area contributed by atoms with E-state index >= 15 is 0 Å². The number of rotatable bonds is 4. The molecule has 0 aromatic heterocycles. The maximum absolute atomic E-state index is 12.6. The minimum absolute atomic E-state index is 0.0331. The van der Waals surface area contributed by atoms with Crippen molar-refractivity contribution in [1.82, 2.24) is 5.32 Å². The first kappa shape index (κ1) is 20.2. The molecule has 0 saturated heterocycles. The van der Waals surface area contributed by atoms with E-state index in [1.54, 1.807) is 0 Å². The summed E-state index contributed by atoms with van der Waals surface area (Å²) in [5.41, 5.74) is 1.72. The van der Waals surface area contributed by atoms with E-state index in [2.05, 4.69) is 17.2 Å². The molecule has 0 heterocycles. The molecule has 0 saturated carbocycles. The fraction of sp³-hybridized carbons (Fsp3) is 0.125. The third kappa shape index (κ3) is 5.73. The van der Waals surface area contributed by atoms with Gasteiger partial charge in [-0.1, -0.05) is 66.6 Å². The SMILES string of the molecule is O=C(C#Cc1ccc(C(F)(F)F)cc1)NCC(c1ccccc1)c1ccccc1. The van der Waals surface area contributed by atoms with Crippen molar-refractivity contribution in [2.75, 3.05) is 6.54 Å². The smallest absolute Gasteiger partial charge is 0.344 e. The molecule has 0 aliphatic heterocycles. The second-order valence-electron chi connectivity index (χ2n) is 6.41. The third-order valence-corrected chi connectivity index (χ3v) is 4.40. The number of nitrogens with one attached hydrogen (secondary N) is 1. The van der Waals surface area contributed by atoms with E-state index in [9.17, 15) is 18.0 Å². The average Bonchev–Trinajstić information content (AvgIpc) is 2.73. The van der Waals surface area contributed by atoms with Gasteiger partial charge in [0.15, 0.2) is 0 Å². The monoisotopic (exact) mass is 393 g/mol. The summed E-state index contributed by atoms with van der Waals surface area (Å²) in [6.45, 7) is 0.356. The second kappa shape index (κ2) is 9.11. The molecule has 2 nitrogen and oxygen atoms in total. The zero-order valence-corrected chi connectivity index (χ0v) is 15.4. The Kier molecular flexibility index (Phi) is 6.36. The number of halogens is 3. The predicted molar refractivity (Wildman–Crippen MR) is 106 cm³/mol. The fourth-order valence-corrected chi connectivity index (χ4v) is 2.91. The topological polar surface area (TPSA) is 29.1 Å². The molecule has 0 spiro atoms. The van der Waals surface area contributed by atoms with Gasteiger partial charge in [0, 0.05) is 23.9 Å². The van der Waals surface area contributed by atoms with Crippen LogP contribution in [-0.2, 0) is 11.0 Å². The maximum atomic E-state index is 12.6. The van der Waals surface area contributed by atoms with E-state index < -0.39 is 17.6 Å². The van der Waals surface area contributed by atoms with Gasteiger partial charge in [0.2, 0.25) is 0 Å². The molecule has 29 heavy (non-hydrogen) atoms. The number of carbonyl (C=O) groups excluding carboxylic acids is 1. The van der Waals surface area contributed by atoms with Gasteiger partial charge in [-0.05, 0) is 35.4 Å². The van der Waals surface area contributed by atoms with Gasteiger partial charge in [0.25, 0.3) is 5.91 Å². The number of benzene rings is 3. The number of hydrogen-bond acceptors (Lipinski definition) is 1. The maximum Gasteiger partial charge on any atom is 0.416 e. The first-order chi connectivity index (χ1) is 13.9. The van der Waals surface area contributed by atoms with Crippen molar-refractivity contribution < 1.29 is 18.0 Å². The summed E-state index contributed by atoms with van der Waals surface area (Å²) in [6.07, 6.45) is -4.40.